The first kappa shape index (κ1) is 13.6. The molecule has 1 unspecified atom stereocenters. The van der Waals surface area contributed by atoms with E-state index in [-0.39, 0.29) is 6.03 Å². The van der Waals surface area contributed by atoms with E-state index in [1.165, 1.54) is 6.42 Å². The minimum Gasteiger partial charge on any atom is -0.329 e. The molecule has 2 saturated heterocycles. The van der Waals surface area contributed by atoms with Gasteiger partial charge in [-0.3, -0.25) is 4.90 Å². The Bertz CT molecular complexity index is 276. The minimum atomic E-state index is 0.244. The van der Waals surface area contributed by atoms with E-state index in [9.17, 15) is 4.79 Å². The fourth-order valence-corrected chi connectivity index (χ4v) is 2.91. The average Bonchev–Trinajstić information content (AvgIpc) is 2.39. The second-order valence-corrected chi connectivity index (χ2v) is 5.59. The van der Waals surface area contributed by atoms with Crippen LogP contribution < -0.4 is 5.73 Å². The quantitative estimate of drug-likeness (QED) is 0.777. The molecule has 2 N–H and O–H groups in total. The molecule has 2 rings (SSSR count). The van der Waals surface area contributed by atoms with Gasteiger partial charge in [0, 0.05) is 52.4 Å². The third-order valence-corrected chi connectivity index (χ3v) is 4.02. The number of nitrogens with zero attached hydrogens (tertiary/aromatic N) is 3. The summed E-state index contributed by atoms with van der Waals surface area (Å²) in [5.41, 5.74) is 5.56. The lowest BCUT2D eigenvalue weighted by Gasteiger charge is -2.39. The lowest BCUT2D eigenvalue weighted by molar-refractivity contribution is 0.101. The van der Waals surface area contributed by atoms with Crippen molar-refractivity contribution in [3.63, 3.8) is 0 Å². The summed E-state index contributed by atoms with van der Waals surface area (Å²) >= 11 is 0. The van der Waals surface area contributed by atoms with Gasteiger partial charge in [0.25, 0.3) is 0 Å². The Kier molecular flexibility index (Phi) is 4.83. The first-order valence-electron chi connectivity index (χ1n) is 7.17. The largest absolute Gasteiger partial charge is 0.329 e. The van der Waals surface area contributed by atoms with Crippen LogP contribution in [0.1, 0.15) is 19.8 Å². The summed E-state index contributed by atoms with van der Waals surface area (Å²) < 4.78 is 0. The molecule has 0 radical (unpaired) electrons. The Morgan fingerprint density at radius 1 is 1.17 bits per heavy atom. The highest BCUT2D eigenvalue weighted by Crippen LogP contribution is 2.17. The van der Waals surface area contributed by atoms with Crippen molar-refractivity contribution in [3.05, 3.63) is 0 Å². The zero-order chi connectivity index (χ0) is 13.0. The molecule has 0 bridgehead atoms. The first-order valence-corrected chi connectivity index (χ1v) is 7.17. The van der Waals surface area contributed by atoms with Gasteiger partial charge in [0.2, 0.25) is 0 Å². The number of amides is 2. The van der Waals surface area contributed by atoms with E-state index in [0.717, 1.165) is 52.2 Å². The minimum absolute atomic E-state index is 0.244. The fourth-order valence-electron chi connectivity index (χ4n) is 2.91. The van der Waals surface area contributed by atoms with Crippen molar-refractivity contribution in [2.75, 3.05) is 52.4 Å². The average molecular weight is 254 g/mol. The number of rotatable bonds is 2. The molecule has 0 aromatic heterocycles. The van der Waals surface area contributed by atoms with Crippen molar-refractivity contribution < 1.29 is 4.79 Å². The summed E-state index contributed by atoms with van der Waals surface area (Å²) in [6.45, 7) is 9.39. The summed E-state index contributed by atoms with van der Waals surface area (Å²) in [4.78, 5) is 18.7. The maximum absolute atomic E-state index is 12.4. The van der Waals surface area contributed by atoms with E-state index in [1.807, 2.05) is 9.80 Å². The number of nitrogens with two attached hydrogens (primary N) is 1. The van der Waals surface area contributed by atoms with Crippen LogP contribution in [0.25, 0.3) is 0 Å². The molecule has 2 amide bonds. The Hall–Kier alpha value is -0.810. The van der Waals surface area contributed by atoms with Gasteiger partial charge in [-0.05, 0) is 18.8 Å². The van der Waals surface area contributed by atoms with Crippen LogP contribution in [0.4, 0.5) is 4.79 Å². The van der Waals surface area contributed by atoms with Crippen LogP contribution >= 0.6 is 0 Å². The summed E-state index contributed by atoms with van der Waals surface area (Å²) in [5.74, 6) is 0.654. The second-order valence-electron chi connectivity index (χ2n) is 5.59. The number of piperazine rings is 1. The molecule has 0 spiro atoms. The van der Waals surface area contributed by atoms with E-state index in [1.54, 1.807) is 0 Å². The molecular formula is C13H26N4O. The lowest BCUT2D eigenvalue weighted by Crippen LogP contribution is -2.54. The Morgan fingerprint density at radius 3 is 2.50 bits per heavy atom. The highest BCUT2D eigenvalue weighted by Gasteiger charge is 2.27. The standard InChI is InChI=1S/C13H26N4O/c1-12-3-2-5-17(11-12)13(18)16-9-7-15(6-4-14)8-10-16/h12H,2-11,14H2,1H3. The predicted molar refractivity (Wildman–Crippen MR) is 72.4 cm³/mol. The third-order valence-electron chi connectivity index (χ3n) is 4.02. The molecule has 0 aromatic rings. The molecule has 1 atom stereocenters. The SMILES string of the molecule is CC1CCCN(C(=O)N2CCN(CCN)CC2)C1. The second kappa shape index (κ2) is 6.38. The van der Waals surface area contributed by atoms with Crippen LogP contribution in [-0.2, 0) is 0 Å². The summed E-state index contributed by atoms with van der Waals surface area (Å²) in [7, 11) is 0. The third kappa shape index (κ3) is 3.36. The molecular weight excluding hydrogens is 228 g/mol. The molecule has 18 heavy (non-hydrogen) atoms. The van der Waals surface area contributed by atoms with Crippen LogP contribution in [-0.4, -0.2) is 73.1 Å². The first-order chi connectivity index (χ1) is 8.70. The van der Waals surface area contributed by atoms with Crippen LogP contribution in [0, 0.1) is 5.92 Å². The Labute approximate surface area is 110 Å². The van der Waals surface area contributed by atoms with Gasteiger partial charge in [-0.2, -0.15) is 0 Å². The van der Waals surface area contributed by atoms with Gasteiger partial charge in [-0.15, -0.1) is 0 Å². The molecule has 2 heterocycles. The van der Waals surface area contributed by atoms with Crippen molar-refractivity contribution in [3.8, 4) is 0 Å². The van der Waals surface area contributed by atoms with Crippen molar-refractivity contribution >= 4 is 6.03 Å². The van der Waals surface area contributed by atoms with Gasteiger partial charge in [0.05, 0.1) is 0 Å². The van der Waals surface area contributed by atoms with E-state index in [4.69, 9.17) is 5.73 Å². The molecule has 0 saturated carbocycles. The lowest BCUT2D eigenvalue weighted by atomic mass is 10.0. The summed E-state index contributed by atoms with van der Waals surface area (Å²) in [5, 5.41) is 0. The number of carbonyl (C=O) groups excluding carboxylic acids is 1. The van der Waals surface area contributed by atoms with Crippen LogP contribution in [0.3, 0.4) is 0 Å². The maximum atomic E-state index is 12.4. The topological polar surface area (TPSA) is 52.8 Å². The maximum Gasteiger partial charge on any atom is 0.320 e. The van der Waals surface area contributed by atoms with Crippen LogP contribution in [0.5, 0.6) is 0 Å². The number of hydrogen-bond acceptors (Lipinski definition) is 3. The van der Waals surface area contributed by atoms with E-state index >= 15 is 0 Å². The monoisotopic (exact) mass is 254 g/mol. The summed E-state index contributed by atoms with van der Waals surface area (Å²) in [6, 6.07) is 0.244. The molecule has 0 aromatic carbocycles. The Balaban J connectivity index is 1.80. The zero-order valence-corrected chi connectivity index (χ0v) is 11.5. The van der Waals surface area contributed by atoms with Crippen molar-refractivity contribution in [1.29, 1.82) is 0 Å². The van der Waals surface area contributed by atoms with Gasteiger partial charge in [0.1, 0.15) is 0 Å². The van der Waals surface area contributed by atoms with E-state index < -0.39 is 0 Å². The molecule has 2 aliphatic heterocycles. The molecule has 2 fully saturated rings. The van der Waals surface area contributed by atoms with Crippen molar-refractivity contribution in [1.82, 2.24) is 14.7 Å². The fraction of sp³-hybridized carbons (Fsp3) is 0.923. The number of likely N-dealkylation sites (tertiary alicyclic amines) is 1. The van der Waals surface area contributed by atoms with Crippen LogP contribution in [0.2, 0.25) is 0 Å². The van der Waals surface area contributed by atoms with Gasteiger partial charge in [-0.1, -0.05) is 6.92 Å². The van der Waals surface area contributed by atoms with Gasteiger partial charge in [-0.25, -0.2) is 4.79 Å². The number of hydrogen-bond donors (Lipinski definition) is 1. The van der Waals surface area contributed by atoms with Gasteiger partial charge in [0.15, 0.2) is 0 Å². The Morgan fingerprint density at radius 2 is 1.89 bits per heavy atom. The number of piperidine rings is 1. The molecule has 104 valence electrons. The number of carbonyl (C=O) groups is 1. The van der Waals surface area contributed by atoms with Gasteiger partial charge >= 0.3 is 6.03 Å². The van der Waals surface area contributed by atoms with Crippen molar-refractivity contribution in [2.45, 2.75) is 19.8 Å². The highest BCUT2D eigenvalue weighted by molar-refractivity contribution is 5.74. The predicted octanol–water partition coefficient (Wildman–Crippen LogP) is 0.415. The zero-order valence-electron chi connectivity index (χ0n) is 11.5. The van der Waals surface area contributed by atoms with Crippen molar-refractivity contribution in [2.24, 2.45) is 11.7 Å². The molecule has 0 aliphatic carbocycles. The normalized spacial score (nSPS) is 26.4. The van der Waals surface area contributed by atoms with E-state index in [2.05, 4.69) is 11.8 Å². The van der Waals surface area contributed by atoms with Crippen LogP contribution in [0.15, 0.2) is 0 Å². The summed E-state index contributed by atoms with van der Waals surface area (Å²) in [6.07, 6.45) is 2.41. The van der Waals surface area contributed by atoms with E-state index in [0.29, 0.717) is 12.5 Å². The van der Waals surface area contributed by atoms with Gasteiger partial charge < -0.3 is 15.5 Å². The highest BCUT2D eigenvalue weighted by atomic mass is 16.2. The number of urea groups is 1. The smallest absolute Gasteiger partial charge is 0.320 e. The molecule has 5 nitrogen and oxygen atoms in total. The molecule has 5 heteroatoms. The molecule has 2 aliphatic rings.